The topological polar surface area (TPSA) is 133 Å². The van der Waals surface area contributed by atoms with E-state index in [0.717, 1.165) is 31.7 Å². The molecule has 2 aromatic rings. The van der Waals surface area contributed by atoms with Gasteiger partial charge in [-0.2, -0.15) is 0 Å². The molecule has 0 unspecified atom stereocenters. The minimum atomic E-state index is -1.28. The molecule has 11 nitrogen and oxygen atoms in total. The van der Waals surface area contributed by atoms with Crippen LogP contribution < -0.4 is 17.0 Å². The van der Waals surface area contributed by atoms with Gasteiger partial charge < -0.3 is 15.4 Å². The van der Waals surface area contributed by atoms with Crippen molar-refractivity contribution in [1.29, 1.82) is 0 Å². The van der Waals surface area contributed by atoms with Crippen molar-refractivity contribution in [3.8, 4) is 0 Å². The van der Waals surface area contributed by atoms with E-state index in [0.29, 0.717) is 43.4 Å². The van der Waals surface area contributed by atoms with E-state index < -0.39 is 19.2 Å². The van der Waals surface area contributed by atoms with E-state index in [1.54, 1.807) is 29.4 Å². The number of nitrogen functional groups attached to an aromatic ring is 1. The molecule has 0 aromatic carbocycles. The van der Waals surface area contributed by atoms with Gasteiger partial charge in [-0.1, -0.05) is 33.0 Å². The number of amides is 3. The summed E-state index contributed by atoms with van der Waals surface area (Å²) in [6, 6.07) is 2.07. The summed E-state index contributed by atoms with van der Waals surface area (Å²) in [5, 5.41) is 0.292. The fourth-order valence-electron chi connectivity index (χ4n) is 5.92. The molecule has 0 radical (unpaired) electrons. The van der Waals surface area contributed by atoms with Gasteiger partial charge in [-0.15, -0.1) is 0 Å². The summed E-state index contributed by atoms with van der Waals surface area (Å²) < 4.78 is 8.77. The molecule has 1 aliphatic heterocycles. The maximum atomic E-state index is 13.6. The van der Waals surface area contributed by atoms with Gasteiger partial charge >= 0.3 is 11.7 Å². The number of pyridine rings is 1. The maximum Gasteiger partial charge on any atom is 0.331 e. The molecule has 3 amide bonds. The maximum absolute atomic E-state index is 13.6. The normalized spacial score (nSPS) is 21.3. The smallest absolute Gasteiger partial charge is 0.331 e. The van der Waals surface area contributed by atoms with Gasteiger partial charge in [0.2, 0.25) is 0 Å². The van der Waals surface area contributed by atoms with Crippen molar-refractivity contribution in [2.75, 3.05) is 25.6 Å². The highest BCUT2D eigenvalue weighted by molar-refractivity contribution is 6.76. The molecule has 1 aliphatic carbocycles. The minimum absolute atomic E-state index is 0.0258. The molecule has 2 aliphatic rings. The van der Waals surface area contributed by atoms with Gasteiger partial charge in [0.1, 0.15) is 23.5 Å². The Kier molecular flexibility index (Phi) is 9.12. The van der Waals surface area contributed by atoms with Gasteiger partial charge in [0.25, 0.3) is 11.5 Å². The number of hydrogen-bond acceptors (Lipinski definition) is 7. The van der Waals surface area contributed by atoms with E-state index >= 15 is 0 Å². The third-order valence-corrected chi connectivity index (χ3v) is 10.3. The Morgan fingerprint density at radius 2 is 1.78 bits per heavy atom. The molecule has 0 bridgehead atoms. The van der Waals surface area contributed by atoms with Crippen molar-refractivity contribution in [3.63, 3.8) is 0 Å². The highest BCUT2D eigenvalue weighted by atomic mass is 28.3. The summed E-state index contributed by atoms with van der Waals surface area (Å²) in [7, 11) is -1.28. The standard InChI is InChI=1S/C29H46N6O5Si/c1-7-8-15-32-22-13-14-31-24(30)23(22)25(36)35(28(32)39)21-11-9-20(10-12-21)18-34-27(38)33(26(37)29(34,2)3)19-40-16-17-41(4,5)6/h13-14,20-21H,7-12,15-19H2,1-6H3,(H2,30,31). The summed E-state index contributed by atoms with van der Waals surface area (Å²) in [4.78, 5) is 60.6. The summed E-state index contributed by atoms with van der Waals surface area (Å²) in [6.45, 7) is 13.9. The molecule has 12 heteroatoms. The second kappa shape index (κ2) is 12.1. The number of urea groups is 1. The Balaban J connectivity index is 1.47. The van der Waals surface area contributed by atoms with Crippen LogP contribution in [-0.2, 0) is 16.1 Å². The SMILES string of the molecule is CCCCn1c(=O)n(C2CCC(CN3C(=O)N(COCC[Si](C)(C)C)C(=O)C3(C)C)CC2)c(=O)c2c(N)nccc21. The molecule has 3 heterocycles. The Bertz CT molecular complexity index is 1400. The number of nitrogens with zero attached hydrogens (tertiary/aromatic N) is 5. The number of nitrogens with two attached hydrogens (primary N) is 1. The Morgan fingerprint density at radius 1 is 1.10 bits per heavy atom. The van der Waals surface area contributed by atoms with Crippen molar-refractivity contribution in [2.24, 2.45) is 5.92 Å². The van der Waals surface area contributed by atoms with Crippen molar-refractivity contribution >= 4 is 36.7 Å². The first-order chi connectivity index (χ1) is 19.3. The second-order valence-corrected chi connectivity index (χ2v) is 18.9. The molecule has 226 valence electrons. The van der Waals surface area contributed by atoms with E-state index in [9.17, 15) is 19.2 Å². The number of fused-ring (bicyclic) bond motifs is 1. The van der Waals surface area contributed by atoms with E-state index in [-0.39, 0.29) is 42.1 Å². The van der Waals surface area contributed by atoms with Crippen molar-refractivity contribution in [2.45, 2.75) is 103 Å². The summed E-state index contributed by atoms with van der Waals surface area (Å²) in [5.74, 6) is 0.0413. The first-order valence-corrected chi connectivity index (χ1v) is 18.6. The van der Waals surface area contributed by atoms with Crippen LogP contribution in [0.25, 0.3) is 10.9 Å². The van der Waals surface area contributed by atoms with Crippen molar-refractivity contribution in [3.05, 3.63) is 33.1 Å². The average Bonchev–Trinajstić information content (AvgIpc) is 3.06. The predicted molar refractivity (Wildman–Crippen MR) is 163 cm³/mol. The summed E-state index contributed by atoms with van der Waals surface area (Å²) in [5.41, 5.74) is 4.99. The molecule has 1 saturated heterocycles. The number of unbranched alkanes of at least 4 members (excludes halogenated alkanes) is 1. The number of carbonyl (C=O) groups excluding carboxylic acids is 2. The minimum Gasteiger partial charge on any atom is -0.383 e. The molecular weight excluding hydrogens is 540 g/mol. The highest BCUT2D eigenvalue weighted by Gasteiger charge is 2.51. The van der Waals surface area contributed by atoms with Gasteiger partial charge in [-0.25, -0.2) is 19.5 Å². The Hall–Kier alpha value is -2.99. The van der Waals surface area contributed by atoms with Crippen LogP contribution in [0.4, 0.5) is 10.6 Å². The number of hydrogen-bond donors (Lipinski definition) is 1. The summed E-state index contributed by atoms with van der Waals surface area (Å²) >= 11 is 0. The lowest BCUT2D eigenvalue weighted by molar-refractivity contribution is -0.135. The zero-order chi connectivity index (χ0) is 30.1. The number of aryl methyl sites for hydroxylation is 1. The van der Waals surface area contributed by atoms with Gasteiger partial charge in [-0.05, 0) is 64.0 Å². The van der Waals surface area contributed by atoms with E-state index in [1.165, 1.54) is 15.7 Å². The lowest BCUT2D eigenvalue weighted by atomic mass is 9.85. The van der Waals surface area contributed by atoms with Gasteiger partial charge in [0, 0.05) is 40.0 Å². The van der Waals surface area contributed by atoms with Crippen LogP contribution in [0.2, 0.25) is 25.7 Å². The molecule has 0 atom stereocenters. The number of ether oxygens (including phenoxy) is 1. The van der Waals surface area contributed by atoms with Crippen LogP contribution in [-0.4, -0.2) is 69.4 Å². The molecule has 2 fully saturated rings. The van der Waals surface area contributed by atoms with Crippen molar-refractivity contribution < 1.29 is 14.3 Å². The predicted octanol–water partition coefficient (Wildman–Crippen LogP) is 4.03. The number of aromatic nitrogens is 3. The average molecular weight is 587 g/mol. The van der Waals surface area contributed by atoms with Crippen LogP contribution in [0.5, 0.6) is 0 Å². The Morgan fingerprint density at radius 3 is 2.41 bits per heavy atom. The Labute approximate surface area is 242 Å². The van der Waals surface area contributed by atoms with Crippen LogP contribution >= 0.6 is 0 Å². The largest absolute Gasteiger partial charge is 0.383 e. The van der Waals surface area contributed by atoms with Gasteiger partial charge in [-0.3, -0.25) is 18.7 Å². The lowest BCUT2D eigenvalue weighted by Crippen LogP contribution is -2.47. The molecule has 0 spiro atoms. The summed E-state index contributed by atoms with van der Waals surface area (Å²) in [6.07, 6.45) is 5.95. The highest BCUT2D eigenvalue weighted by Crippen LogP contribution is 2.35. The quantitative estimate of drug-likeness (QED) is 0.239. The van der Waals surface area contributed by atoms with Crippen molar-refractivity contribution in [1.82, 2.24) is 23.9 Å². The van der Waals surface area contributed by atoms with Crippen LogP contribution in [0.15, 0.2) is 21.9 Å². The number of anilines is 1. The number of rotatable bonds is 11. The van der Waals surface area contributed by atoms with Crippen LogP contribution in [0, 0.1) is 5.92 Å². The third-order valence-electron chi connectivity index (χ3n) is 8.60. The zero-order valence-corrected chi connectivity index (χ0v) is 26.4. The van der Waals surface area contributed by atoms with E-state index in [2.05, 4.69) is 31.5 Å². The monoisotopic (exact) mass is 586 g/mol. The number of imide groups is 1. The first-order valence-electron chi connectivity index (χ1n) is 14.9. The number of carbonyl (C=O) groups is 2. The van der Waals surface area contributed by atoms with Crippen LogP contribution in [0.1, 0.15) is 65.3 Å². The van der Waals surface area contributed by atoms with E-state index in [1.807, 2.05) is 0 Å². The molecule has 2 N–H and O–H groups in total. The fourth-order valence-corrected chi connectivity index (χ4v) is 6.68. The lowest BCUT2D eigenvalue weighted by Gasteiger charge is -2.35. The third kappa shape index (κ3) is 6.28. The molecule has 41 heavy (non-hydrogen) atoms. The first kappa shape index (κ1) is 31.0. The fraction of sp³-hybridized carbons (Fsp3) is 0.690. The molecule has 2 aromatic heterocycles. The van der Waals surface area contributed by atoms with Crippen LogP contribution in [0.3, 0.4) is 0 Å². The molecule has 1 saturated carbocycles. The van der Waals surface area contributed by atoms with Gasteiger partial charge in [0.05, 0.1) is 5.52 Å². The molecule has 4 rings (SSSR count). The van der Waals surface area contributed by atoms with E-state index in [4.69, 9.17) is 10.5 Å². The second-order valence-electron chi connectivity index (χ2n) is 13.3. The zero-order valence-electron chi connectivity index (χ0n) is 25.4. The molecular formula is C29H46N6O5Si. The van der Waals surface area contributed by atoms with Gasteiger partial charge in [0.15, 0.2) is 0 Å².